The summed E-state index contributed by atoms with van der Waals surface area (Å²) >= 11 is 0. The number of carbonyl (C=O) groups excluding carboxylic acids is 3. The predicted molar refractivity (Wildman–Crippen MR) is 135 cm³/mol. The van der Waals surface area contributed by atoms with Gasteiger partial charge < -0.3 is 24.5 Å². The lowest BCUT2D eigenvalue weighted by Gasteiger charge is -2.42. The molecule has 2 fully saturated rings. The van der Waals surface area contributed by atoms with Crippen LogP contribution >= 0.6 is 0 Å². The van der Waals surface area contributed by atoms with E-state index >= 15 is 0 Å². The molecule has 192 valence electrons. The summed E-state index contributed by atoms with van der Waals surface area (Å²) < 4.78 is 6.80. The molecule has 4 aliphatic rings. The van der Waals surface area contributed by atoms with E-state index in [0.717, 1.165) is 5.69 Å². The van der Waals surface area contributed by atoms with Gasteiger partial charge in [-0.2, -0.15) is 0 Å². The Hall–Kier alpha value is -2.97. The number of aliphatic hydroxyl groups is 1. The molecule has 2 saturated heterocycles. The SMILES string of the molecule is C[C@H](CO)N1C(=O)[C@@H]2[C@H]3C(=O)N(c4ccccc4)CC=C[C@@]3(C)O[C@@]23C=CCN(C(C)(C)C)C(=O)C13. The van der Waals surface area contributed by atoms with Gasteiger partial charge in [-0.05, 0) is 46.8 Å². The monoisotopic (exact) mass is 493 g/mol. The largest absolute Gasteiger partial charge is 0.394 e. The summed E-state index contributed by atoms with van der Waals surface area (Å²) in [6.45, 7) is 9.85. The Morgan fingerprint density at radius 2 is 1.67 bits per heavy atom. The van der Waals surface area contributed by atoms with Crippen molar-refractivity contribution in [2.45, 2.75) is 63.4 Å². The number of nitrogens with zero attached hydrogens (tertiary/aromatic N) is 3. The van der Waals surface area contributed by atoms with Gasteiger partial charge in [0.1, 0.15) is 11.6 Å². The van der Waals surface area contributed by atoms with E-state index in [2.05, 4.69) is 0 Å². The summed E-state index contributed by atoms with van der Waals surface area (Å²) in [4.78, 5) is 47.4. The lowest BCUT2D eigenvalue weighted by atomic mass is 9.74. The molecule has 0 aliphatic carbocycles. The normalized spacial score (nSPS) is 34.9. The number of anilines is 1. The van der Waals surface area contributed by atoms with Crippen molar-refractivity contribution < 1.29 is 24.2 Å². The van der Waals surface area contributed by atoms with Crippen molar-refractivity contribution in [1.29, 1.82) is 0 Å². The minimum Gasteiger partial charge on any atom is -0.394 e. The van der Waals surface area contributed by atoms with Crippen LogP contribution in [0.2, 0.25) is 0 Å². The molecule has 1 aromatic carbocycles. The molecular weight excluding hydrogens is 458 g/mol. The standard InChI is InChI=1S/C28H35N3O5/c1-18(17-32)31-22-25(35)30(26(2,3)4)16-10-14-28(22)21(24(31)34)20-23(33)29(19-11-7-6-8-12-19)15-9-13-27(20,5)36-28/h6-14,18,20-22,32H,15-17H2,1-5H3/t18-,20+,21+,22?,27-,28+/m1/s1. The van der Waals surface area contributed by atoms with Gasteiger partial charge in [-0.3, -0.25) is 14.4 Å². The number of aliphatic hydroxyl groups excluding tert-OH is 1. The number of hydrogen-bond donors (Lipinski definition) is 1. The molecule has 1 unspecified atom stereocenters. The summed E-state index contributed by atoms with van der Waals surface area (Å²) in [5.41, 5.74) is -2.15. The number of rotatable bonds is 3. The number of benzene rings is 1. The van der Waals surface area contributed by atoms with E-state index in [1.807, 2.05) is 82.3 Å². The zero-order chi connectivity index (χ0) is 26.0. The van der Waals surface area contributed by atoms with E-state index in [-0.39, 0.29) is 24.3 Å². The maximum atomic E-state index is 14.2. The maximum Gasteiger partial charge on any atom is 0.249 e. The fourth-order valence-electron chi connectivity index (χ4n) is 6.47. The summed E-state index contributed by atoms with van der Waals surface area (Å²) in [7, 11) is 0. The van der Waals surface area contributed by atoms with Crippen LogP contribution < -0.4 is 4.90 Å². The number of hydrogen-bond acceptors (Lipinski definition) is 5. The van der Waals surface area contributed by atoms with Gasteiger partial charge in [-0.25, -0.2) is 0 Å². The van der Waals surface area contributed by atoms with Gasteiger partial charge >= 0.3 is 0 Å². The zero-order valence-electron chi connectivity index (χ0n) is 21.5. The van der Waals surface area contributed by atoms with Crippen LogP contribution in [0, 0.1) is 11.8 Å². The van der Waals surface area contributed by atoms with Crippen LogP contribution in [0.15, 0.2) is 54.6 Å². The molecule has 6 atom stereocenters. The van der Waals surface area contributed by atoms with Gasteiger partial charge in [-0.1, -0.05) is 42.5 Å². The smallest absolute Gasteiger partial charge is 0.249 e. The molecule has 4 heterocycles. The quantitative estimate of drug-likeness (QED) is 0.652. The molecule has 1 spiro atoms. The van der Waals surface area contributed by atoms with Crippen LogP contribution in [0.5, 0.6) is 0 Å². The third-order valence-corrected chi connectivity index (χ3v) is 8.11. The van der Waals surface area contributed by atoms with Gasteiger partial charge in [0.15, 0.2) is 0 Å². The number of fused-ring (bicyclic) bond motifs is 2. The Kier molecular flexibility index (Phi) is 5.68. The van der Waals surface area contributed by atoms with Gasteiger partial charge in [-0.15, -0.1) is 0 Å². The topological polar surface area (TPSA) is 90.4 Å². The maximum absolute atomic E-state index is 14.2. The zero-order valence-corrected chi connectivity index (χ0v) is 21.5. The van der Waals surface area contributed by atoms with Gasteiger partial charge in [0.05, 0.1) is 30.1 Å². The molecule has 1 N–H and O–H groups in total. The average Bonchev–Trinajstić information content (AvgIpc) is 3.10. The van der Waals surface area contributed by atoms with Crippen LogP contribution in [-0.4, -0.2) is 81.1 Å². The summed E-state index contributed by atoms with van der Waals surface area (Å²) in [6.07, 6.45) is 7.50. The molecule has 36 heavy (non-hydrogen) atoms. The number of amides is 3. The van der Waals surface area contributed by atoms with Crippen molar-refractivity contribution in [3.63, 3.8) is 0 Å². The van der Waals surface area contributed by atoms with Crippen LogP contribution in [0.4, 0.5) is 5.69 Å². The molecule has 5 rings (SSSR count). The van der Waals surface area contributed by atoms with Crippen LogP contribution in [0.25, 0.3) is 0 Å². The third-order valence-electron chi connectivity index (χ3n) is 8.11. The molecule has 0 bridgehead atoms. The second-order valence-electron chi connectivity index (χ2n) is 11.5. The predicted octanol–water partition coefficient (Wildman–Crippen LogP) is 2.14. The fraction of sp³-hybridized carbons (Fsp3) is 0.536. The van der Waals surface area contributed by atoms with E-state index in [1.54, 1.807) is 16.7 Å². The molecule has 0 radical (unpaired) electrons. The van der Waals surface area contributed by atoms with E-state index in [9.17, 15) is 19.5 Å². The van der Waals surface area contributed by atoms with Crippen molar-refractivity contribution in [1.82, 2.24) is 9.80 Å². The fourth-order valence-corrected chi connectivity index (χ4v) is 6.47. The Labute approximate surface area is 212 Å². The summed E-state index contributed by atoms with van der Waals surface area (Å²) in [6, 6.07) is 7.78. The highest BCUT2D eigenvalue weighted by Gasteiger charge is 2.75. The first kappa shape index (κ1) is 24.7. The van der Waals surface area contributed by atoms with Crippen molar-refractivity contribution in [2.75, 3.05) is 24.6 Å². The number of carbonyl (C=O) groups is 3. The van der Waals surface area contributed by atoms with Crippen molar-refractivity contribution in [2.24, 2.45) is 11.8 Å². The summed E-state index contributed by atoms with van der Waals surface area (Å²) in [5, 5.41) is 10.1. The number of ether oxygens (including phenoxy) is 1. The molecule has 4 aliphatic heterocycles. The highest BCUT2D eigenvalue weighted by Crippen LogP contribution is 2.58. The van der Waals surface area contributed by atoms with Crippen LogP contribution in [0.3, 0.4) is 0 Å². The number of para-hydroxylation sites is 1. The van der Waals surface area contributed by atoms with Crippen LogP contribution in [0.1, 0.15) is 34.6 Å². The first-order valence-electron chi connectivity index (χ1n) is 12.6. The summed E-state index contributed by atoms with van der Waals surface area (Å²) in [5.74, 6) is -2.51. The van der Waals surface area contributed by atoms with Crippen molar-refractivity contribution >= 4 is 23.4 Å². The minimum atomic E-state index is -1.32. The Balaban J connectivity index is 1.67. The van der Waals surface area contributed by atoms with Gasteiger partial charge in [0.2, 0.25) is 17.7 Å². The third kappa shape index (κ3) is 3.38. The second-order valence-corrected chi connectivity index (χ2v) is 11.5. The molecule has 8 heteroatoms. The van der Waals surface area contributed by atoms with E-state index in [4.69, 9.17) is 4.74 Å². The molecule has 0 aromatic heterocycles. The molecule has 0 saturated carbocycles. The van der Waals surface area contributed by atoms with Gasteiger partial charge in [0.25, 0.3) is 0 Å². The Morgan fingerprint density at radius 1 is 1.00 bits per heavy atom. The van der Waals surface area contributed by atoms with Gasteiger partial charge in [0, 0.05) is 24.3 Å². The van der Waals surface area contributed by atoms with Crippen molar-refractivity contribution in [3.8, 4) is 0 Å². The molecule has 3 amide bonds. The lowest BCUT2D eigenvalue weighted by molar-refractivity contribution is -0.156. The molecular formula is C28H35N3O5. The Bertz CT molecular complexity index is 1140. The first-order chi connectivity index (χ1) is 17.0. The molecule has 1 aromatic rings. The highest BCUT2D eigenvalue weighted by molar-refractivity contribution is 6.04. The first-order valence-corrected chi connectivity index (χ1v) is 12.6. The molecule has 8 nitrogen and oxygen atoms in total. The Morgan fingerprint density at radius 3 is 2.31 bits per heavy atom. The van der Waals surface area contributed by atoms with E-state index < -0.39 is 40.7 Å². The van der Waals surface area contributed by atoms with Crippen LogP contribution in [-0.2, 0) is 19.1 Å². The number of likely N-dealkylation sites (tertiary alicyclic amines) is 1. The highest BCUT2D eigenvalue weighted by atomic mass is 16.5. The lowest BCUT2D eigenvalue weighted by Crippen LogP contribution is -2.60. The average molecular weight is 494 g/mol. The van der Waals surface area contributed by atoms with E-state index in [1.165, 1.54) is 4.90 Å². The minimum absolute atomic E-state index is 0.209. The van der Waals surface area contributed by atoms with E-state index in [0.29, 0.717) is 13.1 Å². The second kappa shape index (κ2) is 8.28. The van der Waals surface area contributed by atoms with Crippen molar-refractivity contribution in [3.05, 3.63) is 54.6 Å².